The van der Waals surface area contributed by atoms with Crippen LogP contribution in [0.5, 0.6) is 0 Å². The molecule has 142 valence electrons. The molecule has 2 N–H and O–H groups in total. The van der Waals surface area contributed by atoms with Crippen LogP contribution in [0.25, 0.3) is 0 Å². The lowest BCUT2D eigenvalue weighted by Gasteiger charge is -2.27. The molecule has 3 atom stereocenters. The van der Waals surface area contributed by atoms with Gasteiger partial charge in [0.1, 0.15) is 5.76 Å². The van der Waals surface area contributed by atoms with Crippen LogP contribution in [0.1, 0.15) is 51.8 Å². The van der Waals surface area contributed by atoms with E-state index in [0.717, 1.165) is 36.6 Å². The van der Waals surface area contributed by atoms with Gasteiger partial charge in [-0.05, 0) is 57.7 Å². The zero-order chi connectivity index (χ0) is 18.1. The zero-order valence-corrected chi connectivity index (χ0v) is 16.9. The van der Waals surface area contributed by atoms with E-state index >= 15 is 0 Å². The summed E-state index contributed by atoms with van der Waals surface area (Å²) in [5.74, 6) is 1.92. The minimum atomic E-state index is 0.183. The van der Waals surface area contributed by atoms with Gasteiger partial charge in [0.2, 0.25) is 0 Å². The minimum Gasteiger partial charge on any atom is -0.468 e. The van der Waals surface area contributed by atoms with E-state index in [0.29, 0.717) is 12.6 Å². The summed E-state index contributed by atoms with van der Waals surface area (Å²) in [5.41, 5.74) is 0. The van der Waals surface area contributed by atoms with E-state index in [1.807, 2.05) is 17.8 Å². The van der Waals surface area contributed by atoms with Gasteiger partial charge in [0.25, 0.3) is 0 Å². The van der Waals surface area contributed by atoms with Crippen LogP contribution < -0.4 is 10.6 Å². The van der Waals surface area contributed by atoms with Gasteiger partial charge in [-0.1, -0.05) is 13.8 Å². The van der Waals surface area contributed by atoms with Crippen molar-refractivity contribution in [1.82, 2.24) is 15.5 Å². The van der Waals surface area contributed by atoms with Crippen LogP contribution in [-0.2, 0) is 0 Å². The van der Waals surface area contributed by atoms with Crippen LogP contribution in [0.3, 0.4) is 0 Å². The number of guanidine groups is 1. The predicted octanol–water partition coefficient (Wildman–Crippen LogP) is 3.50. The summed E-state index contributed by atoms with van der Waals surface area (Å²) in [6, 6.07) is 4.73. The van der Waals surface area contributed by atoms with Crippen LogP contribution in [0.4, 0.5) is 0 Å². The molecule has 1 fully saturated rings. The molecule has 25 heavy (non-hydrogen) atoms. The first-order valence-corrected chi connectivity index (χ1v) is 10.9. The molecule has 0 spiro atoms. The molecule has 5 nitrogen and oxygen atoms in total. The highest BCUT2D eigenvalue weighted by Gasteiger charge is 2.25. The van der Waals surface area contributed by atoms with Gasteiger partial charge in [-0.25, -0.2) is 0 Å². The Morgan fingerprint density at radius 1 is 1.36 bits per heavy atom. The van der Waals surface area contributed by atoms with Crippen molar-refractivity contribution in [3.05, 3.63) is 24.2 Å². The number of hydrogen-bond acceptors (Lipinski definition) is 4. The second-order valence-corrected chi connectivity index (χ2v) is 7.62. The topological polar surface area (TPSA) is 52.8 Å². The Morgan fingerprint density at radius 2 is 2.16 bits per heavy atom. The molecule has 3 unspecified atom stereocenters. The van der Waals surface area contributed by atoms with Crippen molar-refractivity contribution >= 4 is 17.7 Å². The molecule has 0 bridgehead atoms. The summed E-state index contributed by atoms with van der Waals surface area (Å²) in [4.78, 5) is 7.28. The van der Waals surface area contributed by atoms with Gasteiger partial charge in [0, 0.05) is 17.8 Å². The van der Waals surface area contributed by atoms with Crippen LogP contribution in [0.15, 0.2) is 27.8 Å². The molecular weight excluding hydrogens is 332 g/mol. The van der Waals surface area contributed by atoms with E-state index in [2.05, 4.69) is 48.6 Å². The van der Waals surface area contributed by atoms with E-state index in [1.54, 1.807) is 6.26 Å². The summed E-state index contributed by atoms with van der Waals surface area (Å²) in [6.07, 6.45) is 7.72. The molecule has 0 saturated heterocycles. The molecule has 0 amide bonds. The lowest BCUT2D eigenvalue weighted by atomic mass is 10.2. The smallest absolute Gasteiger partial charge is 0.191 e. The monoisotopic (exact) mass is 366 g/mol. The lowest BCUT2D eigenvalue weighted by molar-refractivity contribution is 0.198. The predicted molar refractivity (Wildman–Crippen MR) is 108 cm³/mol. The maximum absolute atomic E-state index is 5.68. The Balaban J connectivity index is 2.03. The van der Waals surface area contributed by atoms with Crippen molar-refractivity contribution in [3.63, 3.8) is 0 Å². The van der Waals surface area contributed by atoms with Gasteiger partial charge < -0.3 is 15.1 Å². The summed E-state index contributed by atoms with van der Waals surface area (Å²) < 4.78 is 5.68. The summed E-state index contributed by atoms with van der Waals surface area (Å²) >= 11 is 1.98. The van der Waals surface area contributed by atoms with Gasteiger partial charge in [-0.2, -0.15) is 11.8 Å². The molecule has 2 rings (SSSR count). The van der Waals surface area contributed by atoms with E-state index < -0.39 is 0 Å². The molecule has 1 aromatic heterocycles. The minimum absolute atomic E-state index is 0.183. The fourth-order valence-electron chi connectivity index (χ4n) is 3.51. The number of furan rings is 1. The maximum atomic E-state index is 5.68. The largest absolute Gasteiger partial charge is 0.468 e. The van der Waals surface area contributed by atoms with Gasteiger partial charge in [-0.3, -0.25) is 9.89 Å². The van der Waals surface area contributed by atoms with Crippen molar-refractivity contribution in [2.24, 2.45) is 4.99 Å². The Hall–Kier alpha value is -1.14. The van der Waals surface area contributed by atoms with Crippen molar-refractivity contribution in [3.8, 4) is 0 Å². The van der Waals surface area contributed by atoms with Crippen molar-refractivity contribution in [1.29, 1.82) is 0 Å². The molecule has 6 heteroatoms. The van der Waals surface area contributed by atoms with E-state index in [-0.39, 0.29) is 6.04 Å². The molecule has 0 radical (unpaired) electrons. The molecule has 1 saturated carbocycles. The van der Waals surface area contributed by atoms with Gasteiger partial charge >= 0.3 is 0 Å². The standard InChI is InChI=1S/C19H34N4OS/c1-5-20-19(22-15-10-11-16(13-15)25-4)21-14-17(23(6-2)7-3)18-9-8-12-24-18/h8-9,12,15-17H,5-7,10-11,13-14H2,1-4H3,(H2,20,21,22). The highest BCUT2D eigenvalue weighted by Crippen LogP contribution is 2.28. The van der Waals surface area contributed by atoms with Gasteiger partial charge in [0.15, 0.2) is 5.96 Å². The number of thioether (sulfide) groups is 1. The summed E-state index contributed by atoms with van der Waals surface area (Å²) in [7, 11) is 0. The van der Waals surface area contributed by atoms with Gasteiger partial charge in [-0.15, -0.1) is 0 Å². The van der Waals surface area contributed by atoms with Crippen molar-refractivity contribution < 1.29 is 4.42 Å². The number of likely N-dealkylation sites (N-methyl/N-ethyl adjacent to an activating group) is 1. The second-order valence-electron chi connectivity index (χ2n) is 6.48. The SMILES string of the molecule is CCNC(=NCC(c1ccco1)N(CC)CC)NC1CCC(SC)C1. The number of rotatable bonds is 9. The van der Waals surface area contributed by atoms with Crippen LogP contribution in [0.2, 0.25) is 0 Å². The average Bonchev–Trinajstić information content (AvgIpc) is 3.30. The highest BCUT2D eigenvalue weighted by molar-refractivity contribution is 7.99. The van der Waals surface area contributed by atoms with E-state index in [1.165, 1.54) is 19.3 Å². The van der Waals surface area contributed by atoms with E-state index in [9.17, 15) is 0 Å². The van der Waals surface area contributed by atoms with Crippen LogP contribution >= 0.6 is 11.8 Å². The lowest BCUT2D eigenvalue weighted by Crippen LogP contribution is -2.43. The Bertz CT molecular complexity index is 502. The maximum Gasteiger partial charge on any atom is 0.191 e. The molecular formula is C19H34N4OS. The molecule has 1 aliphatic carbocycles. The number of nitrogens with zero attached hydrogens (tertiary/aromatic N) is 2. The summed E-state index contributed by atoms with van der Waals surface area (Å²) in [5, 5.41) is 7.82. The van der Waals surface area contributed by atoms with Crippen molar-refractivity contribution in [2.45, 2.75) is 57.4 Å². The highest BCUT2D eigenvalue weighted by atomic mass is 32.2. The Labute approximate surface area is 157 Å². The first kappa shape index (κ1) is 20.2. The number of hydrogen-bond donors (Lipinski definition) is 2. The third kappa shape index (κ3) is 5.96. The average molecular weight is 367 g/mol. The van der Waals surface area contributed by atoms with Crippen LogP contribution in [-0.4, -0.2) is 54.6 Å². The first-order valence-electron chi connectivity index (χ1n) is 9.56. The summed E-state index contributed by atoms with van der Waals surface area (Å²) in [6.45, 7) is 10.0. The first-order chi connectivity index (χ1) is 12.2. The molecule has 0 aliphatic heterocycles. The normalized spacial score (nSPS) is 22.4. The third-order valence-corrected chi connectivity index (χ3v) is 6.04. The fraction of sp³-hybridized carbons (Fsp3) is 0.737. The molecule has 0 aromatic carbocycles. The quantitative estimate of drug-likeness (QED) is 0.517. The van der Waals surface area contributed by atoms with Gasteiger partial charge in [0.05, 0.1) is 18.8 Å². The van der Waals surface area contributed by atoms with E-state index in [4.69, 9.17) is 9.41 Å². The zero-order valence-electron chi connectivity index (χ0n) is 16.1. The fourth-order valence-corrected chi connectivity index (χ4v) is 4.30. The Kier molecular flexibility index (Phi) is 8.68. The number of nitrogens with one attached hydrogen (secondary N) is 2. The van der Waals surface area contributed by atoms with Crippen LogP contribution in [0, 0.1) is 0 Å². The van der Waals surface area contributed by atoms with Crippen molar-refractivity contribution in [2.75, 3.05) is 32.4 Å². The molecule has 1 aromatic rings. The number of aliphatic imine (C=N–C) groups is 1. The second kappa shape index (κ2) is 10.8. The molecule has 1 heterocycles. The Morgan fingerprint density at radius 3 is 2.72 bits per heavy atom. The third-order valence-electron chi connectivity index (χ3n) is 4.95. The molecule has 1 aliphatic rings.